The number of nitrogens with zero attached hydrogens (tertiary/aromatic N) is 4. The van der Waals surface area contributed by atoms with Crippen LogP contribution >= 0.6 is 0 Å². The third-order valence-corrected chi connectivity index (χ3v) is 16.2. The van der Waals surface area contributed by atoms with Gasteiger partial charge in [0.05, 0.1) is 74.5 Å². The molecule has 2 aromatic carbocycles. The molecule has 70 heavy (non-hydrogen) atoms. The van der Waals surface area contributed by atoms with Gasteiger partial charge in [0.2, 0.25) is 11.8 Å². The van der Waals surface area contributed by atoms with Crippen LogP contribution in [0, 0.1) is 23.7 Å². The lowest BCUT2D eigenvalue weighted by Gasteiger charge is -2.40. The molecule has 0 bridgehead atoms. The maximum Gasteiger partial charge on any atom is 0.407 e. The number of carbonyl (C=O) groups excluding carboxylic acids is 4. The largest absolute Gasteiger partial charge is 0.453 e. The maximum absolute atomic E-state index is 14.6. The molecule has 0 radical (unpaired) electrons. The van der Waals surface area contributed by atoms with Crippen LogP contribution in [0.25, 0.3) is 33.6 Å². The monoisotopic (exact) mass is 959 g/mol. The zero-order chi connectivity index (χ0) is 48.8. The zero-order valence-corrected chi connectivity index (χ0v) is 41.4. The number of likely N-dealkylation sites (tertiary alicyclic amines) is 2. The van der Waals surface area contributed by atoms with E-state index in [0.29, 0.717) is 24.7 Å². The van der Waals surface area contributed by atoms with Crippen molar-refractivity contribution < 1.29 is 38.1 Å². The van der Waals surface area contributed by atoms with Crippen molar-refractivity contribution in [2.45, 2.75) is 165 Å². The summed E-state index contributed by atoms with van der Waals surface area (Å²) in [5.74, 6) is 2.21. The topological polar surface area (TPSA) is 193 Å². The molecule has 2 saturated carbocycles. The van der Waals surface area contributed by atoms with Gasteiger partial charge < -0.3 is 49.3 Å². The summed E-state index contributed by atoms with van der Waals surface area (Å²) in [4.78, 5) is 75.2. The van der Waals surface area contributed by atoms with E-state index in [4.69, 9.17) is 28.9 Å². The lowest BCUT2D eigenvalue weighted by Crippen LogP contribution is -2.55. The van der Waals surface area contributed by atoms with E-state index in [0.717, 1.165) is 109 Å². The molecule has 4 N–H and O–H groups in total. The van der Waals surface area contributed by atoms with E-state index >= 15 is 0 Å². The Morgan fingerprint density at radius 3 is 1.29 bits per heavy atom. The second-order valence-electron chi connectivity index (χ2n) is 21.2. The number of amides is 4. The van der Waals surface area contributed by atoms with Crippen LogP contribution < -0.4 is 10.6 Å². The number of aromatic nitrogens is 4. The number of alkyl carbamates (subject to hydrolysis) is 2. The summed E-state index contributed by atoms with van der Waals surface area (Å²) in [5, 5.41) is 5.87. The first kappa shape index (κ1) is 47.9. The molecule has 0 spiro atoms. The van der Waals surface area contributed by atoms with Crippen LogP contribution in [0.5, 0.6) is 0 Å². The van der Waals surface area contributed by atoms with Gasteiger partial charge in [-0.25, -0.2) is 19.6 Å². The van der Waals surface area contributed by atoms with Gasteiger partial charge in [0.15, 0.2) is 0 Å². The van der Waals surface area contributed by atoms with Crippen LogP contribution in [0.4, 0.5) is 9.59 Å². The summed E-state index contributed by atoms with van der Waals surface area (Å²) >= 11 is 0. The van der Waals surface area contributed by atoms with Gasteiger partial charge in [0.25, 0.3) is 0 Å². The SMILES string of the molecule is COC(=O)N[C@H](C(=O)N1[C@@H](C)CC[C@H]1c1ncc(-c2ccc(-c3ccc(-c4cnc([C@@H]5CC[C@H](C)N5C(=O)[C@@H](NC(=O)OC)[C@@H]5C[C@H](C)O[C@@H](C6CC6)C5)[nH]4)cc3)cc2)[nH]1)[C@@H]1C[C@H](C)O[C@@H](C2CC2)C1. The lowest BCUT2D eigenvalue weighted by molar-refractivity contribution is -0.142. The third kappa shape index (κ3) is 10.1. The third-order valence-electron chi connectivity index (χ3n) is 16.2. The van der Waals surface area contributed by atoms with E-state index < -0.39 is 24.3 Å². The number of benzene rings is 2. The van der Waals surface area contributed by atoms with Crippen molar-refractivity contribution in [1.82, 2.24) is 40.4 Å². The first-order chi connectivity index (χ1) is 33.8. The van der Waals surface area contributed by atoms with E-state index in [2.05, 4.69) is 96.8 Å². The molecule has 6 fully saturated rings. The highest BCUT2D eigenvalue weighted by molar-refractivity contribution is 5.88. The molecule has 16 nitrogen and oxygen atoms in total. The Morgan fingerprint density at radius 2 is 0.929 bits per heavy atom. The summed E-state index contributed by atoms with van der Waals surface area (Å²) in [6.07, 6.45) is 13.3. The Balaban J connectivity index is 0.802. The molecule has 0 unspecified atom stereocenters. The Kier molecular flexibility index (Phi) is 13.8. The minimum atomic E-state index is -0.719. The first-order valence-corrected chi connectivity index (χ1v) is 25.8. The number of ether oxygens (including phenoxy) is 4. The molecular weight excluding hydrogens is 889 g/mol. The van der Waals surface area contributed by atoms with E-state index in [9.17, 15) is 19.2 Å². The van der Waals surface area contributed by atoms with Gasteiger partial charge in [0.1, 0.15) is 23.7 Å². The van der Waals surface area contributed by atoms with Crippen LogP contribution in [0.3, 0.4) is 0 Å². The molecule has 374 valence electrons. The van der Waals surface area contributed by atoms with Gasteiger partial charge in [-0.1, -0.05) is 48.5 Å². The molecule has 4 amide bonds. The Morgan fingerprint density at radius 1 is 0.557 bits per heavy atom. The number of carbonyl (C=O) groups is 4. The van der Waals surface area contributed by atoms with E-state index in [1.807, 2.05) is 22.2 Å². The fraction of sp³-hybridized carbons (Fsp3) is 0.593. The minimum absolute atomic E-state index is 0.00459. The summed E-state index contributed by atoms with van der Waals surface area (Å²) < 4.78 is 22.6. The number of imidazole rings is 2. The zero-order valence-electron chi connectivity index (χ0n) is 41.4. The number of hydrogen-bond donors (Lipinski definition) is 4. The quantitative estimate of drug-likeness (QED) is 0.101. The van der Waals surface area contributed by atoms with Crippen LogP contribution in [0.2, 0.25) is 0 Å². The number of nitrogens with one attached hydrogen (secondary N) is 4. The number of hydrogen-bond acceptors (Lipinski definition) is 10. The first-order valence-electron chi connectivity index (χ1n) is 25.8. The predicted octanol–water partition coefficient (Wildman–Crippen LogP) is 8.87. The van der Waals surface area contributed by atoms with Crippen LogP contribution in [-0.2, 0) is 28.5 Å². The van der Waals surface area contributed by atoms with Crippen LogP contribution in [0.15, 0.2) is 60.9 Å². The highest BCUT2D eigenvalue weighted by Crippen LogP contribution is 2.45. The van der Waals surface area contributed by atoms with Gasteiger partial charge in [-0.3, -0.25) is 9.59 Å². The average Bonchev–Trinajstić information content (AvgIpc) is 4.21. The lowest BCUT2D eigenvalue weighted by atomic mass is 9.83. The van der Waals surface area contributed by atoms with Crippen molar-refractivity contribution in [2.75, 3.05) is 14.2 Å². The van der Waals surface area contributed by atoms with Crippen molar-refractivity contribution >= 4 is 24.0 Å². The Hall–Kier alpha value is -5.74. The second-order valence-corrected chi connectivity index (χ2v) is 21.2. The molecule has 6 heterocycles. The average molecular weight is 959 g/mol. The van der Waals surface area contributed by atoms with Crippen molar-refractivity contribution in [3.63, 3.8) is 0 Å². The van der Waals surface area contributed by atoms with Crippen LogP contribution in [-0.4, -0.2) is 117 Å². The number of H-pyrrole nitrogens is 2. The molecule has 4 aromatic rings. The van der Waals surface area contributed by atoms with Crippen LogP contribution in [0.1, 0.15) is 128 Å². The fourth-order valence-corrected chi connectivity index (χ4v) is 12.2. The standard InChI is InChI=1S/C54H70N8O8/c1-29-7-21-43(61(29)51(63)47(59-53(65)67-5)39-23-31(3)69-45(25-39)37-17-18-37)49-55-27-41(57-49)35-13-9-33(10-14-35)34-11-15-36(16-12-34)42-28-56-50(58-42)44-22-8-30(2)62(44)52(64)48(60-54(66)68-6)40-24-32(4)70-46(26-40)38-19-20-38/h9-16,27-32,37-40,43-48H,7-8,17-26H2,1-6H3,(H,55,57)(H,56,58)(H,59,65)(H,60,66)/t29-,30-,31-,32-,39+,40+,43-,44-,45+,46+,47-,48-/m0/s1. The molecule has 16 heteroatoms. The second kappa shape index (κ2) is 20.2. The highest BCUT2D eigenvalue weighted by atomic mass is 16.5. The molecule has 4 saturated heterocycles. The van der Waals surface area contributed by atoms with Gasteiger partial charge in [-0.05, 0) is 151 Å². The molecular formula is C54H70N8O8. The van der Waals surface area contributed by atoms with E-state index in [-0.39, 0.29) is 72.2 Å². The summed E-state index contributed by atoms with van der Waals surface area (Å²) in [6, 6.07) is 14.7. The summed E-state index contributed by atoms with van der Waals surface area (Å²) in [5.41, 5.74) is 5.80. The molecule has 10 rings (SSSR count). The maximum atomic E-state index is 14.6. The predicted molar refractivity (Wildman–Crippen MR) is 262 cm³/mol. The molecule has 12 atom stereocenters. The van der Waals surface area contributed by atoms with Crippen molar-refractivity contribution in [3.05, 3.63) is 72.6 Å². The molecule has 4 aliphatic heterocycles. The van der Waals surface area contributed by atoms with E-state index in [1.54, 1.807) is 0 Å². The Bertz CT molecular complexity index is 2330. The van der Waals surface area contributed by atoms with Gasteiger partial charge in [0, 0.05) is 12.1 Å². The number of methoxy groups -OCH3 is 2. The van der Waals surface area contributed by atoms with Crippen molar-refractivity contribution in [2.24, 2.45) is 23.7 Å². The van der Waals surface area contributed by atoms with Crippen molar-refractivity contribution in [3.8, 4) is 33.6 Å². The highest BCUT2D eigenvalue weighted by Gasteiger charge is 2.49. The number of rotatable bonds is 13. The van der Waals surface area contributed by atoms with Crippen molar-refractivity contribution in [1.29, 1.82) is 0 Å². The smallest absolute Gasteiger partial charge is 0.407 e. The summed E-state index contributed by atoms with van der Waals surface area (Å²) in [7, 11) is 2.67. The number of aromatic amines is 2. The van der Waals surface area contributed by atoms with Gasteiger partial charge >= 0.3 is 12.2 Å². The summed E-state index contributed by atoms with van der Waals surface area (Å²) in [6.45, 7) is 8.27. The normalized spacial score (nSPS) is 29.9. The minimum Gasteiger partial charge on any atom is -0.453 e. The Labute approximate surface area is 410 Å². The molecule has 2 aliphatic carbocycles. The molecule has 6 aliphatic rings. The van der Waals surface area contributed by atoms with E-state index in [1.165, 1.54) is 14.2 Å². The fourth-order valence-electron chi connectivity index (χ4n) is 12.2. The van der Waals surface area contributed by atoms with Gasteiger partial charge in [-0.2, -0.15) is 0 Å². The molecule has 2 aromatic heterocycles. The van der Waals surface area contributed by atoms with Gasteiger partial charge in [-0.15, -0.1) is 0 Å².